The second-order valence-electron chi connectivity index (χ2n) is 9.61. The highest BCUT2D eigenvalue weighted by atomic mass is 35.5. The van der Waals surface area contributed by atoms with Crippen LogP contribution in [0.4, 0.5) is 11.4 Å². The molecule has 40 heavy (non-hydrogen) atoms. The number of carbonyl (C=O) groups is 2. The largest absolute Gasteiger partial charge is 0.378 e. The average molecular weight is 574 g/mol. The summed E-state index contributed by atoms with van der Waals surface area (Å²) in [6, 6.07) is 25.2. The van der Waals surface area contributed by atoms with E-state index in [2.05, 4.69) is 15.3 Å². The maximum atomic E-state index is 13.9. The summed E-state index contributed by atoms with van der Waals surface area (Å²) in [6.07, 6.45) is 0. The molecule has 0 spiro atoms. The van der Waals surface area contributed by atoms with Crippen molar-refractivity contribution in [2.24, 2.45) is 0 Å². The van der Waals surface area contributed by atoms with Crippen molar-refractivity contribution in [1.82, 2.24) is 14.9 Å². The zero-order valence-electron chi connectivity index (χ0n) is 23.0. The Hall–Kier alpha value is -3.88. The Morgan fingerprint density at radius 3 is 2.12 bits per heavy atom. The standard InChI is InChI=1S/C31H32ClN5O2S/c1-21-18-22(2)34-31(33-21)40-20-28(38)37(19-23-10-12-25(32)13-11-23)29(24-8-6-5-7-9-24)30(39)35-26-14-16-27(17-15-26)36(3)4/h5-18,29H,19-20H2,1-4H3,(H,35,39). The molecule has 0 saturated heterocycles. The average Bonchev–Trinajstić information content (AvgIpc) is 2.93. The number of amides is 2. The van der Waals surface area contributed by atoms with E-state index in [1.54, 1.807) is 17.0 Å². The normalized spacial score (nSPS) is 11.5. The number of carbonyl (C=O) groups excluding carboxylic acids is 2. The van der Waals surface area contributed by atoms with Gasteiger partial charge in [0, 0.05) is 48.4 Å². The van der Waals surface area contributed by atoms with Crippen molar-refractivity contribution in [2.75, 3.05) is 30.1 Å². The second-order valence-corrected chi connectivity index (χ2v) is 11.0. The lowest BCUT2D eigenvalue weighted by molar-refractivity contribution is -0.137. The quantitative estimate of drug-likeness (QED) is 0.177. The molecule has 1 unspecified atom stereocenters. The maximum Gasteiger partial charge on any atom is 0.251 e. The van der Waals surface area contributed by atoms with Gasteiger partial charge in [-0.05, 0) is 67.4 Å². The Bertz CT molecular complexity index is 1430. The van der Waals surface area contributed by atoms with Gasteiger partial charge in [-0.25, -0.2) is 9.97 Å². The molecule has 4 rings (SSSR count). The van der Waals surface area contributed by atoms with Crippen LogP contribution in [0.3, 0.4) is 0 Å². The van der Waals surface area contributed by atoms with Crippen molar-refractivity contribution in [3.8, 4) is 0 Å². The molecule has 0 fully saturated rings. The van der Waals surface area contributed by atoms with E-state index in [-0.39, 0.29) is 24.1 Å². The summed E-state index contributed by atoms with van der Waals surface area (Å²) in [7, 11) is 3.92. The highest BCUT2D eigenvalue weighted by Crippen LogP contribution is 2.28. The molecule has 1 aromatic heterocycles. The summed E-state index contributed by atoms with van der Waals surface area (Å²) < 4.78 is 0. The van der Waals surface area contributed by atoms with Gasteiger partial charge in [0.05, 0.1) is 5.75 Å². The Kier molecular flexibility index (Phi) is 9.79. The highest BCUT2D eigenvalue weighted by Gasteiger charge is 2.32. The molecule has 0 radical (unpaired) electrons. The third kappa shape index (κ3) is 7.83. The lowest BCUT2D eigenvalue weighted by atomic mass is 10.0. The molecule has 0 bridgehead atoms. The Morgan fingerprint density at radius 2 is 1.52 bits per heavy atom. The van der Waals surface area contributed by atoms with E-state index in [1.807, 2.05) is 106 Å². The molecule has 1 atom stereocenters. The van der Waals surface area contributed by atoms with E-state index < -0.39 is 6.04 Å². The lowest BCUT2D eigenvalue weighted by Gasteiger charge is -2.31. The van der Waals surface area contributed by atoms with E-state index in [4.69, 9.17) is 11.6 Å². The van der Waals surface area contributed by atoms with E-state index in [0.29, 0.717) is 21.4 Å². The van der Waals surface area contributed by atoms with Gasteiger partial charge in [-0.15, -0.1) is 0 Å². The van der Waals surface area contributed by atoms with Crippen LogP contribution in [-0.4, -0.2) is 46.5 Å². The predicted molar refractivity (Wildman–Crippen MR) is 163 cm³/mol. The molecule has 9 heteroatoms. The molecule has 2 amide bonds. The minimum Gasteiger partial charge on any atom is -0.378 e. The SMILES string of the molecule is Cc1cc(C)nc(SCC(=O)N(Cc2ccc(Cl)cc2)C(C(=O)Nc2ccc(N(C)C)cc2)c2ccccc2)n1. The first-order valence-corrected chi connectivity index (χ1v) is 14.2. The minimum absolute atomic E-state index is 0.0740. The monoisotopic (exact) mass is 573 g/mol. The van der Waals surface area contributed by atoms with Crippen LogP contribution in [0.5, 0.6) is 0 Å². The van der Waals surface area contributed by atoms with Crippen LogP contribution in [0.1, 0.15) is 28.6 Å². The number of benzene rings is 3. The molecular weight excluding hydrogens is 542 g/mol. The molecule has 0 aliphatic heterocycles. The first-order valence-electron chi connectivity index (χ1n) is 12.8. The number of aryl methyl sites for hydroxylation is 2. The lowest BCUT2D eigenvalue weighted by Crippen LogP contribution is -2.41. The Labute approximate surface area is 244 Å². The van der Waals surface area contributed by atoms with E-state index in [1.165, 1.54) is 11.8 Å². The maximum absolute atomic E-state index is 13.9. The van der Waals surface area contributed by atoms with Crippen molar-refractivity contribution in [3.05, 3.63) is 112 Å². The van der Waals surface area contributed by atoms with Gasteiger partial charge in [0.25, 0.3) is 5.91 Å². The van der Waals surface area contributed by atoms with Gasteiger partial charge in [0.2, 0.25) is 5.91 Å². The number of aromatic nitrogens is 2. The van der Waals surface area contributed by atoms with Crippen LogP contribution in [0.15, 0.2) is 90.1 Å². The number of nitrogens with zero attached hydrogens (tertiary/aromatic N) is 4. The van der Waals surface area contributed by atoms with E-state index in [0.717, 1.165) is 22.6 Å². The second kappa shape index (κ2) is 13.5. The summed E-state index contributed by atoms with van der Waals surface area (Å²) in [5.41, 5.74) is 4.90. The molecule has 206 valence electrons. The summed E-state index contributed by atoms with van der Waals surface area (Å²) in [4.78, 5) is 40.3. The summed E-state index contributed by atoms with van der Waals surface area (Å²) in [5, 5.41) is 4.15. The minimum atomic E-state index is -0.876. The van der Waals surface area contributed by atoms with Gasteiger partial charge in [0.15, 0.2) is 5.16 Å². The van der Waals surface area contributed by atoms with Gasteiger partial charge in [-0.2, -0.15) is 0 Å². The smallest absolute Gasteiger partial charge is 0.251 e. The predicted octanol–water partition coefficient (Wildman–Crippen LogP) is 6.31. The van der Waals surface area contributed by atoms with Gasteiger partial charge >= 0.3 is 0 Å². The number of hydrogen-bond acceptors (Lipinski definition) is 6. The fourth-order valence-electron chi connectivity index (χ4n) is 4.24. The molecule has 4 aromatic rings. The topological polar surface area (TPSA) is 78.4 Å². The first-order chi connectivity index (χ1) is 19.2. The number of rotatable bonds is 10. The number of nitrogens with one attached hydrogen (secondary N) is 1. The Morgan fingerprint density at radius 1 is 0.900 bits per heavy atom. The molecule has 7 nitrogen and oxygen atoms in total. The number of halogens is 1. The molecule has 0 aliphatic carbocycles. The summed E-state index contributed by atoms with van der Waals surface area (Å²) in [6.45, 7) is 4.01. The fraction of sp³-hybridized carbons (Fsp3) is 0.226. The van der Waals surface area contributed by atoms with Gasteiger partial charge in [-0.3, -0.25) is 9.59 Å². The fourth-order valence-corrected chi connectivity index (χ4v) is 5.20. The van der Waals surface area contributed by atoms with Crippen LogP contribution in [0, 0.1) is 13.8 Å². The van der Waals surface area contributed by atoms with Crippen LogP contribution in [0.2, 0.25) is 5.02 Å². The van der Waals surface area contributed by atoms with Crippen molar-refractivity contribution in [3.63, 3.8) is 0 Å². The summed E-state index contributed by atoms with van der Waals surface area (Å²) in [5.74, 6) is -0.446. The number of thioether (sulfide) groups is 1. The number of anilines is 2. The van der Waals surface area contributed by atoms with Crippen LogP contribution in [-0.2, 0) is 16.1 Å². The molecule has 1 heterocycles. The zero-order chi connectivity index (χ0) is 28.6. The van der Waals surface area contributed by atoms with E-state index in [9.17, 15) is 9.59 Å². The molecular formula is C31H32ClN5O2S. The van der Waals surface area contributed by atoms with Crippen molar-refractivity contribution in [1.29, 1.82) is 0 Å². The molecule has 3 aromatic carbocycles. The van der Waals surface area contributed by atoms with Gasteiger partial charge in [0.1, 0.15) is 6.04 Å². The van der Waals surface area contributed by atoms with Gasteiger partial charge in [-0.1, -0.05) is 65.8 Å². The van der Waals surface area contributed by atoms with Crippen molar-refractivity contribution >= 4 is 46.6 Å². The molecule has 0 saturated carbocycles. The summed E-state index contributed by atoms with van der Waals surface area (Å²) >= 11 is 7.38. The molecule has 0 aliphatic rings. The zero-order valence-corrected chi connectivity index (χ0v) is 24.5. The molecule has 1 N–H and O–H groups in total. The van der Waals surface area contributed by atoms with Crippen LogP contribution in [0.25, 0.3) is 0 Å². The third-order valence-corrected chi connectivity index (χ3v) is 7.28. The van der Waals surface area contributed by atoms with Crippen molar-refractivity contribution in [2.45, 2.75) is 31.6 Å². The third-order valence-electron chi connectivity index (χ3n) is 6.20. The van der Waals surface area contributed by atoms with Crippen LogP contribution >= 0.6 is 23.4 Å². The number of hydrogen-bond donors (Lipinski definition) is 1. The first kappa shape index (κ1) is 29.1. The van der Waals surface area contributed by atoms with Crippen LogP contribution < -0.4 is 10.2 Å². The van der Waals surface area contributed by atoms with E-state index >= 15 is 0 Å². The highest BCUT2D eigenvalue weighted by molar-refractivity contribution is 7.99. The van der Waals surface area contributed by atoms with Crippen molar-refractivity contribution < 1.29 is 9.59 Å². The van der Waals surface area contributed by atoms with Gasteiger partial charge < -0.3 is 15.1 Å². The Balaban J connectivity index is 1.66.